The number of rotatable bonds is 5. The second-order valence-corrected chi connectivity index (χ2v) is 6.50. The van der Waals surface area contributed by atoms with Gasteiger partial charge >= 0.3 is 5.97 Å². The summed E-state index contributed by atoms with van der Waals surface area (Å²) >= 11 is 1.40. The van der Waals surface area contributed by atoms with Crippen molar-refractivity contribution >= 4 is 38.9 Å². The Labute approximate surface area is 123 Å². The van der Waals surface area contributed by atoms with Gasteiger partial charge in [-0.1, -0.05) is 0 Å². The topological polar surface area (TPSA) is 105 Å². The summed E-state index contributed by atoms with van der Waals surface area (Å²) < 4.78 is 0.754. The van der Waals surface area contributed by atoms with Gasteiger partial charge in [-0.3, -0.25) is 14.9 Å². The zero-order valence-corrected chi connectivity index (χ0v) is 12.1. The number of hydrogen-bond donors (Lipinski definition) is 2. The van der Waals surface area contributed by atoms with Crippen molar-refractivity contribution < 1.29 is 14.8 Å². The number of nitro groups is 1. The Morgan fingerprint density at radius 1 is 1.57 bits per heavy atom. The molecule has 1 heterocycles. The van der Waals surface area contributed by atoms with Crippen LogP contribution in [0.5, 0.6) is 0 Å². The molecule has 0 bridgehead atoms. The van der Waals surface area contributed by atoms with Crippen LogP contribution in [-0.4, -0.2) is 27.5 Å². The molecule has 1 aliphatic carbocycles. The lowest BCUT2D eigenvalue weighted by Crippen LogP contribution is -2.24. The summed E-state index contributed by atoms with van der Waals surface area (Å²) in [6.45, 7) is 2.03. The molecule has 1 fully saturated rings. The van der Waals surface area contributed by atoms with Crippen molar-refractivity contribution in [3.63, 3.8) is 0 Å². The largest absolute Gasteiger partial charge is 0.481 e. The van der Waals surface area contributed by atoms with Gasteiger partial charge in [0.05, 0.1) is 25.6 Å². The molecule has 7 nitrogen and oxygen atoms in total. The molecule has 0 spiro atoms. The van der Waals surface area contributed by atoms with E-state index in [2.05, 4.69) is 10.3 Å². The first-order valence-corrected chi connectivity index (χ1v) is 7.26. The van der Waals surface area contributed by atoms with Crippen LogP contribution in [0.4, 0.5) is 11.4 Å². The fraction of sp³-hybridized carbons (Fsp3) is 0.385. The quantitative estimate of drug-likeness (QED) is 0.650. The Bertz CT molecular complexity index is 751. The number of carboxylic acid groups (broad SMARTS) is 1. The monoisotopic (exact) mass is 307 g/mol. The molecule has 0 aliphatic heterocycles. The molecule has 1 aromatic carbocycles. The molecule has 21 heavy (non-hydrogen) atoms. The molecule has 0 saturated heterocycles. The van der Waals surface area contributed by atoms with Gasteiger partial charge in [-0.15, -0.1) is 11.3 Å². The Morgan fingerprint density at radius 2 is 2.29 bits per heavy atom. The number of fused-ring (bicyclic) bond motifs is 1. The van der Waals surface area contributed by atoms with Gasteiger partial charge in [0.2, 0.25) is 0 Å². The molecule has 2 aromatic rings. The Morgan fingerprint density at radius 3 is 2.86 bits per heavy atom. The van der Waals surface area contributed by atoms with E-state index in [0.29, 0.717) is 24.0 Å². The van der Waals surface area contributed by atoms with Gasteiger partial charge < -0.3 is 10.4 Å². The van der Waals surface area contributed by atoms with Crippen molar-refractivity contribution in [3.05, 3.63) is 27.3 Å². The molecule has 1 aromatic heterocycles. The van der Waals surface area contributed by atoms with Gasteiger partial charge in [-0.25, -0.2) is 4.98 Å². The van der Waals surface area contributed by atoms with Gasteiger partial charge in [-0.05, 0) is 25.8 Å². The number of hydrogen-bond acceptors (Lipinski definition) is 6. The molecule has 0 radical (unpaired) electrons. The Kier molecular flexibility index (Phi) is 3.05. The van der Waals surface area contributed by atoms with E-state index >= 15 is 0 Å². The van der Waals surface area contributed by atoms with Gasteiger partial charge in [0.25, 0.3) is 5.69 Å². The van der Waals surface area contributed by atoms with Crippen molar-refractivity contribution in [1.82, 2.24) is 4.98 Å². The molecule has 0 unspecified atom stereocenters. The van der Waals surface area contributed by atoms with Crippen molar-refractivity contribution in [2.75, 3.05) is 11.9 Å². The molecule has 0 atom stereocenters. The molecule has 1 aliphatic rings. The third-order valence-corrected chi connectivity index (χ3v) is 4.67. The summed E-state index contributed by atoms with van der Waals surface area (Å²) in [7, 11) is 0. The predicted octanol–water partition coefficient (Wildman–Crippen LogP) is 2.79. The average molecular weight is 307 g/mol. The standard InChI is InChI=1S/C13H13N3O4S/c1-7-15-9-4-8(10(16(19)20)5-11(9)21-7)14-6-13(2-3-13)12(17)18/h4-5,14H,2-3,6H2,1H3,(H,17,18). The highest BCUT2D eigenvalue weighted by Gasteiger charge is 2.50. The van der Waals surface area contributed by atoms with E-state index in [1.54, 1.807) is 6.07 Å². The van der Waals surface area contributed by atoms with E-state index in [-0.39, 0.29) is 12.2 Å². The van der Waals surface area contributed by atoms with E-state index < -0.39 is 16.3 Å². The number of carboxylic acids is 1. The second-order valence-electron chi connectivity index (χ2n) is 5.27. The average Bonchev–Trinajstić information content (AvgIpc) is 3.11. The maximum Gasteiger partial charge on any atom is 0.311 e. The summed E-state index contributed by atoms with van der Waals surface area (Å²) in [6, 6.07) is 3.11. The lowest BCUT2D eigenvalue weighted by atomic mass is 10.1. The fourth-order valence-corrected chi connectivity index (χ4v) is 3.09. The SMILES string of the molecule is Cc1nc2cc(NCC3(C(=O)O)CC3)c([N+](=O)[O-])cc2s1. The summed E-state index contributed by atoms with van der Waals surface area (Å²) in [5.41, 5.74) is 0.185. The first-order chi connectivity index (χ1) is 9.91. The van der Waals surface area contributed by atoms with E-state index in [1.807, 2.05) is 6.92 Å². The summed E-state index contributed by atoms with van der Waals surface area (Å²) in [5, 5.41) is 24.1. The zero-order chi connectivity index (χ0) is 15.2. The molecule has 0 amide bonds. The number of aromatic nitrogens is 1. The third kappa shape index (κ3) is 2.42. The number of aliphatic carboxylic acids is 1. The molecule has 2 N–H and O–H groups in total. The maximum atomic E-state index is 11.2. The van der Waals surface area contributed by atoms with Crippen LogP contribution in [0.2, 0.25) is 0 Å². The number of aryl methyl sites for hydroxylation is 1. The van der Waals surface area contributed by atoms with Crippen molar-refractivity contribution in [2.45, 2.75) is 19.8 Å². The number of nitrogens with zero attached hydrogens (tertiary/aromatic N) is 2. The minimum Gasteiger partial charge on any atom is -0.481 e. The number of carbonyl (C=O) groups is 1. The highest BCUT2D eigenvalue weighted by Crippen LogP contribution is 2.46. The lowest BCUT2D eigenvalue weighted by molar-refractivity contribution is -0.383. The van der Waals surface area contributed by atoms with Crippen LogP contribution in [0, 0.1) is 22.5 Å². The van der Waals surface area contributed by atoms with Crippen LogP contribution >= 0.6 is 11.3 Å². The highest BCUT2D eigenvalue weighted by atomic mass is 32.1. The van der Waals surface area contributed by atoms with E-state index in [9.17, 15) is 14.9 Å². The molecule has 3 rings (SSSR count). The van der Waals surface area contributed by atoms with Crippen LogP contribution in [0.3, 0.4) is 0 Å². The summed E-state index contributed by atoms with van der Waals surface area (Å²) in [4.78, 5) is 26.2. The number of benzene rings is 1. The molecule has 8 heteroatoms. The summed E-state index contributed by atoms with van der Waals surface area (Å²) in [6.07, 6.45) is 1.20. The second kappa shape index (κ2) is 4.66. The van der Waals surface area contributed by atoms with Gasteiger partial charge in [0.15, 0.2) is 0 Å². The van der Waals surface area contributed by atoms with Crippen LogP contribution in [0.15, 0.2) is 12.1 Å². The highest BCUT2D eigenvalue weighted by molar-refractivity contribution is 7.18. The van der Waals surface area contributed by atoms with Crippen molar-refractivity contribution in [3.8, 4) is 0 Å². The van der Waals surface area contributed by atoms with E-state index in [1.165, 1.54) is 17.4 Å². The third-order valence-electron chi connectivity index (χ3n) is 3.73. The molecular formula is C13H13N3O4S. The van der Waals surface area contributed by atoms with Gasteiger partial charge in [0, 0.05) is 12.6 Å². The molecular weight excluding hydrogens is 294 g/mol. The van der Waals surface area contributed by atoms with E-state index in [4.69, 9.17) is 5.11 Å². The van der Waals surface area contributed by atoms with Crippen LogP contribution < -0.4 is 5.32 Å². The Hall–Kier alpha value is -2.22. The number of nitrogens with one attached hydrogen (secondary N) is 1. The van der Waals surface area contributed by atoms with Crippen LogP contribution in [-0.2, 0) is 4.79 Å². The maximum absolute atomic E-state index is 11.2. The number of anilines is 1. The summed E-state index contributed by atoms with van der Waals surface area (Å²) in [5.74, 6) is -0.858. The number of thiazole rings is 1. The van der Waals surface area contributed by atoms with Crippen LogP contribution in [0.1, 0.15) is 17.8 Å². The minimum atomic E-state index is -0.858. The normalized spacial score (nSPS) is 15.9. The minimum absolute atomic E-state index is 0.0488. The van der Waals surface area contributed by atoms with E-state index in [0.717, 1.165) is 9.71 Å². The van der Waals surface area contributed by atoms with Crippen molar-refractivity contribution in [1.29, 1.82) is 0 Å². The zero-order valence-electron chi connectivity index (χ0n) is 11.3. The van der Waals surface area contributed by atoms with Gasteiger partial charge in [-0.2, -0.15) is 0 Å². The first-order valence-electron chi connectivity index (χ1n) is 6.44. The smallest absolute Gasteiger partial charge is 0.311 e. The predicted molar refractivity (Wildman–Crippen MR) is 78.8 cm³/mol. The van der Waals surface area contributed by atoms with Gasteiger partial charge in [0.1, 0.15) is 5.69 Å². The molecule has 1 saturated carbocycles. The van der Waals surface area contributed by atoms with Crippen LogP contribution in [0.25, 0.3) is 10.2 Å². The first kappa shape index (κ1) is 13.7. The number of nitro benzene ring substituents is 1. The Balaban J connectivity index is 1.94. The fourth-order valence-electron chi connectivity index (χ4n) is 2.25. The molecule has 110 valence electrons. The lowest BCUT2D eigenvalue weighted by Gasteiger charge is -2.12. The van der Waals surface area contributed by atoms with Crippen molar-refractivity contribution in [2.24, 2.45) is 5.41 Å².